The smallest absolute Gasteiger partial charge is 0.271 e. The predicted octanol–water partition coefficient (Wildman–Crippen LogP) is 3.62. The second kappa shape index (κ2) is 8.36. The van der Waals surface area contributed by atoms with Crippen LogP contribution in [0, 0.1) is 0 Å². The van der Waals surface area contributed by atoms with Crippen molar-refractivity contribution in [1.82, 2.24) is 5.32 Å². The van der Waals surface area contributed by atoms with Gasteiger partial charge in [-0.25, -0.2) is 0 Å². The van der Waals surface area contributed by atoms with Crippen molar-refractivity contribution in [2.24, 2.45) is 0 Å². The first-order valence-electron chi connectivity index (χ1n) is 9.58. The van der Waals surface area contributed by atoms with Crippen molar-refractivity contribution in [3.63, 3.8) is 0 Å². The van der Waals surface area contributed by atoms with E-state index < -0.39 is 5.60 Å². The first-order chi connectivity index (χ1) is 14.1. The third-order valence-corrected chi connectivity index (χ3v) is 4.74. The topological polar surface area (TPSA) is 87.7 Å². The van der Waals surface area contributed by atoms with E-state index in [4.69, 9.17) is 16.3 Å². The lowest BCUT2D eigenvalue weighted by atomic mass is 10.0. The summed E-state index contributed by atoms with van der Waals surface area (Å²) in [5.74, 6) is -0.593. The maximum atomic E-state index is 13.0. The largest absolute Gasteiger partial charge is 0.476 e. The molecule has 2 aromatic carbocycles. The minimum Gasteiger partial charge on any atom is -0.476 e. The molecule has 3 rings (SSSR count). The van der Waals surface area contributed by atoms with E-state index in [9.17, 15) is 14.4 Å². The van der Waals surface area contributed by atoms with Crippen LogP contribution in [0.1, 0.15) is 38.1 Å². The number of anilines is 2. The first-order valence-corrected chi connectivity index (χ1v) is 9.96. The van der Waals surface area contributed by atoms with E-state index in [1.54, 1.807) is 56.3 Å². The summed E-state index contributed by atoms with van der Waals surface area (Å²) < 4.78 is 5.82. The molecule has 3 amide bonds. The molecule has 0 aliphatic carbocycles. The van der Waals surface area contributed by atoms with Crippen molar-refractivity contribution in [2.45, 2.75) is 39.3 Å². The Morgan fingerprint density at radius 2 is 1.80 bits per heavy atom. The number of ether oxygens (including phenoxy) is 1. The van der Waals surface area contributed by atoms with Crippen LogP contribution >= 0.6 is 11.6 Å². The number of fused-ring (bicyclic) bond motifs is 1. The van der Waals surface area contributed by atoms with Crippen molar-refractivity contribution < 1.29 is 19.1 Å². The van der Waals surface area contributed by atoms with Gasteiger partial charge >= 0.3 is 0 Å². The van der Waals surface area contributed by atoms with E-state index in [1.165, 1.54) is 4.90 Å². The molecular formula is C22H24ClN3O4. The highest BCUT2D eigenvalue weighted by molar-refractivity contribution is 6.30. The summed E-state index contributed by atoms with van der Waals surface area (Å²) in [5.41, 5.74) is 0.174. The molecule has 0 spiro atoms. The average Bonchev–Trinajstić information content (AvgIpc) is 2.66. The lowest BCUT2D eigenvalue weighted by Gasteiger charge is -2.38. The summed E-state index contributed by atoms with van der Waals surface area (Å²) in [6, 6.07) is 11.5. The molecule has 7 nitrogen and oxygen atoms in total. The van der Waals surface area contributed by atoms with Crippen molar-refractivity contribution in [3.05, 3.63) is 53.1 Å². The maximum Gasteiger partial charge on any atom is 0.271 e. The minimum atomic E-state index is -1.14. The molecule has 30 heavy (non-hydrogen) atoms. The zero-order valence-corrected chi connectivity index (χ0v) is 18.0. The maximum absolute atomic E-state index is 13.0. The zero-order chi connectivity index (χ0) is 22.1. The van der Waals surface area contributed by atoms with Gasteiger partial charge in [-0.2, -0.15) is 0 Å². The quantitative estimate of drug-likeness (QED) is 0.759. The van der Waals surface area contributed by atoms with Gasteiger partial charge in [0, 0.05) is 22.3 Å². The minimum absolute atomic E-state index is 0.0356. The molecule has 158 valence electrons. The molecule has 1 heterocycles. The zero-order valence-electron chi connectivity index (χ0n) is 17.3. The van der Waals surface area contributed by atoms with Crippen molar-refractivity contribution in [1.29, 1.82) is 0 Å². The van der Waals surface area contributed by atoms with E-state index in [0.717, 1.165) is 0 Å². The molecule has 0 radical (unpaired) electrons. The average molecular weight is 430 g/mol. The third-order valence-electron chi connectivity index (χ3n) is 4.49. The van der Waals surface area contributed by atoms with Gasteiger partial charge in [-0.15, -0.1) is 0 Å². The highest BCUT2D eigenvalue weighted by Gasteiger charge is 2.41. The summed E-state index contributed by atoms with van der Waals surface area (Å²) in [6.07, 6.45) is 0. The number of benzene rings is 2. The van der Waals surface area contributed by atoms with Crippen molar-refractivity contribution >= 4 is 40.7 Å². The van der Waals surface area contributed by atoms with Gasteiger partial charge in [0.15, 0.2) is 5.60 Å². The number of halogens is 1. The van der Waals surface area contributed by atoms with Crippen LogP contribution in [0.15, 0.2) is 42.5 Å². The van der Waals surface area contributed by atoms with E-state index in [2.05, 4.69) is 10.6 Å². The number of hydrogen-bond donors (Lipinski definition) is 2. The van der Waals surface area contributed by atoms with E-state index in [1.807, 2.05) is 13.8 Å². The van der Waals surface area contributed by atoms with Crippen molar-refractivity contribution in [3.8, 4) is 5.75 Å². The summed E-state index contributed by atoms with van der Waals surface area (Å²) >= 11 is 5.87. The van der Waals surface area contributed by atoms with E-state index in [0.29, 0.717) is 27.7 Å². The number of rotatable bonds is 5. The Balaban J connectivity index is 1.88. The normalized spacial score (nSPS) is 14.7. The van der Waals surface area contributed by atoms with Gasteiger partial charge in [0.1, 0.15) is 12.3 Å². The number of nitrogens with one attached hydrogen (secondary N) is 2. The number of amides is 3. The van der Waals surface area contributed by atoms with E-state index >= 15 is 0 Å². The van der Waals surface area contributed by atoms with Gasteiger partial charge < -0.3 is 15.4 Å². The van der Waals surface area contributed by atoms with Crippen LogP contribution in [0.5, 0.6) is 5.75 Å². The molecule has 0 saturated carbocycles. The Kier molecular flexibility index (Phi) is 6.03. The molecule has 1 aliphatic rings. The Hall–Kier alpha value is -3.06. The summed E-state index contributed by atoms with van der Waals surface area (Å²) in [7, 11) is 0. The summed E-state index contributed by atoms with van der Waals surface area (Å²) in [6.45, 7) is 6.78. The van der Waals surface area contributed by atoms with Gasteiger partial charge in [0.2, 0.25) is 5.91 Å². The fourth-order valence-electron chi connectivity index (χ4n) is 3.09. The van der Waals surface area contributed by atoms with Gasteiger partial charge in [-0.3, -0.25) is 19.3 Å². The third kappa shape index (κ3) is 4.74. The van der Waals surface area contributed by atoms with Crippen molar-refractivity contribution in [2.75, 3.05) is 16.8 Å². The van der Waals surface area contributed by atoms with Crippen LogP contribution in [0.2, 0.25) is 5.02 Å². The van der Waals surface area contributed by atoms with Gasteiger partial charge in [-0.1, -0.05) is 11.6 Å². The SMILES string of the molecule is CC(C)NC(=O)c1ccc2c(c1)N(CC(=O)Nc1ccc(Cl)cc1)C(=O)C(C)(C)O2. The first kappa shape index (κ1) is 21.6. The number of carbonyl (C=O) groups excluding carboxylic acids is 3. The number of nitrogens with zero attached hydrogens (tertiary/aromatic N) is 1. The Bertz CT molecular complexity index is 986. The van der Waals surface area contributed by atoms with Crippen LogP contribution in [0.4, 0.5) is 11.4 Å². The molecular weight excluding hydrogens is 406 g/mol. The lowest BCUT2D eigenvalue weighted by Crippen LogP contribution is -2.54. The molecule has 0 atom stereocenters. The predicted molar refractivity (Wildman–Crippen MR) is 116 cm³/mol. The van der Waals surface area contributed by atoms with Gasteiger partial charge in [0.25, 0.3) is 11.8 Å². The fourth-order valence-corrected chi connectivity index (χ4v) is 3.21. The molecule has 0 unspecified atom stereocenters. The van der Waals surface area contributed by atoms with Crippen LogP contribution in [-0.2, 0) is 9.59 Å². The highest BCUT2D eigenvalue weighted by Crippen LogP contribution is 2.38. The van der Waals surface area contributed by atoms with Crippen LogP contribution < -0.4 is 20.3 Å². The lowest BCUT2D eigenvalue weighted by molar-refractivity contribution is -0.133. The Morgan fingerprint density at radius 3 is 2.43 bits per heavy atom. The number of carbonyl (C=O) groups is 3. The molecule has 0 fully saturated rings. The van der Waals surface area contributed by atoms with Crippen LogP contribution in [-0.4, -0.2) is 35.9 Å². The molecule has 2 N–H and O–H groups in total. The second-order valence-corrected chi connectivity index (χ2v) is 8.31. The van der Waals surface area contributed by atoms with Crippen LogP contribution in [0.3, 0.4) is 0 Å². The number of hydrogen-bond acceptors (Lipinski definition) is 4. The molecule has 0 saturated heterocycles. The highest BCUT2D eigenvalue weighted by atomic mass is 35.5. The molecule has 0 aromatic heterocycles. The van der Waals surface area contributed by atoms with Crippen LogP contribution in [0.25, 0.3) is 0 Å². The molecule has 8 heteroatoms. The Morgan fingerprint density at radius 1 is 1.13 bits per heavy atom. The van der Waals surface area contributed by atoms with Gasteiger partial charge in [0.05, 0.1) is 5.69 Å². The second-order valence-electron chi connectivity index (χ2n) is 7.87. The molecule has 0 bridgehead atoms. The summed E-state index contributed by atoms with van der Waals surface area (Å²) in [5, 5.41) is 6.11. The molecule has 1 aliphatic heterocycles. The van der Waals surface area contributed by atoms with Gasteiger partial charge in [-0.05, 0) is 70.2 Å². The van der Waals surface area contributed by atoms with E-state index in [-0.39, 0.29) is 30.3 Å². The monoisotopic (exact) mass is 429 g/mol. The molecule has 2 aromatic rings. The Labute approximate surface area is 180 Å². The summed E-state index contributed by atoms with van der Waals surface area (Å²) in [4.78, 5) is 39.4. The fraction of sp³-hybridized carbons (Fsp3) is 0.318. The standard InChI is InChI=1S/C22H24ClN3O4/c1-13(2)24-20(28)14-5-10-18-17(11-14)26(21(29)22(3,4)30-18)12-19(27)25-16-8-6-15(23)7-9-16/h5-11,13H,12H2,1-4H3,(H,24,28)(H,25,27).